The molecular formula is C7H7MgTe+. The topological polar surface area (TPSA) is 0 Å². The fourth-order valence-corrected chi connectivity index (χ4v) is 4.23. The molecule has 0 aliphatic heterocycles. The molecule has 42 valence electrons. The zero-order valence-corrected chi connectivity index (χ0v) is 9.17. The number of benzene rings is 1. The van der Waals surface area contributed by atoms with E-state index in [9.17, 15) is 0 Å². The molecule has 0 spiro atoms. The van der Waals surface area contributed by atoms with Crippen molar-refractivity contribution in [3.63, 3.8) is 0 Å². The van der Waals surface area contributed by atoms with Crippen LogP contribution in [0.15, 0.2) is 24.3 Å². The maximum absolute atomic E-state index is 2.24. The Kier molecular flexibility index (Phi) is 3.35. The molecule has 0 aliphatic carbocycles. The van der Waals surface area contributed by atoms with Crippen LogP contribution in [0.3, 0.4) is 0 Å². The van der Waals surface area contributed by atoms with Crippen LogP contribution in [0.5, 0.6) is 0 Å². The number of rotatable bonds is 1. The minimum absolute atomic E-state index is 0.159. The van der Waals surface area contributed by atoms with E-state index in [1.54, 1.807) is 3.61 Å². The summed E-state index contributed by atoms with van der Waals surface area (Å²) in [4.78, 5) is 0. The average Bonchev–Trinajstić information content (AvgIpc) is 1.89. The van der Waals surface area contributed by atoms with Gasteiger partial charge in [0.2, 0.25) is 0 Å². The van der Waals surface area contributed by atoms with E-state index in [2.05, 4.69) is 49.1 Å². The van der Waals surface area contributed by atoms with Crippen LogP contribution in [0.4, 0.5) is 0 Å². The van der Waals surface area contributed by atoms with Gasteiger partial charge in [-0.05, 0) is 0 Å². The fourth-order valence-electron chi connectivity index (χ4n) is 0.718. The molecule has 0 fully saturated rings. The average molecular weight is 243 g/mol. The Morgan fingerprint density at radius 1 is 1.33 bits per heavy atom. The molecule has 0 aliphatic rings. The molecule has 0 saturated heterocycles. The summed E-state index contributed by atoms with van der Waals surface area (Å²) in [6.45, 7) is 2.19. The Labute approximate surface area is 74.9 Å². The van der Waals surface area contributed by atoms with Crippen LogP contribution in [0.25, 0.3) is 0 Å². The molecule has 0 N–H and O–H groups in total. The normalized spacial score (nSPS) is 9.67. The second-order valence-corrected chi connectivity index (χ2v) is 5.93. The van der Waals surface area contributed by atoms with Crippen molar-refractivity contribution in [3.05, 3.63) is 29.8 Å². The molecule has 0 heterocycles. The zero-order chi connectivity index (χ0) is 6.69. The molecule has 0 atom stereocenters. The number of aryl methyl sites for hydroxylation is 1. The van der Waals surface area contributed by atoms with E-state index in [-0.39, 0.29) is 17.2 Å². The van der Waals surface area contributed by atoms with E-state index in [0.717, 1.165) is 0 Å². The predicted molar refractivity (Wildman–Crippen MR) is 42.3 cm³/mol. The van der Waals surface area contributed by atoms with Crippen molar-refractivity contribution >= 4 is 38.7 Å². The fraction of sp³-hybridized carbons (Fsp3) is 0.143. The Balaban J connectivity index is 3.01. The first-order chi connectivity index (χ1) is 4.34. The summed E-state index contributed by atoms with van der Waals surface area (Å²) in [6.07, 6.45) is 0. The molecule has 0 nitrogen and oxygen atoms in total. The van der Waals surface area contributed by atoms with Crippen molar-refractivity contribution in [1.29, 1.82) is 0 Å². The Morgan fingerprint density at radius 2 is 2.00 bits per heavy atom. The molecule has 1 aromatic rings. The van der Waals surface area contributed by atoms with Gasteiger partial charge in [0.1, 0.15) is 0 Å². The quantitative estimate of drug-likeness (QED) is 0.626. The molecule has 0 bridgehead atoms. The van der Waals surface area contributed by atoms with Crippen LogP contribution in [0, 0.1) is 6.92 Å². The van der Waals surface area contributed by atoms with Gasteiger partial charge >= 0.3 is 75.5 Å². The van der Waals surface area contributed by atoms with Gasteiger partial charge in [0.05, 0.1) is 0 Å². The summed E-state index contributed by atoms with van der Waals surface area (Å²) in [5.41, 5.74) is 1.47. The third-order valence-electron chi connectivity index (χ3n) is 1.25. The molecule has 2 heteroatoms. The summed E-state index contributed by atoms with van der Waals surface area (Å²) < 4.78 is 1.60. The minimum atomic E-state index is 0.159. The van der Waals surface area contributed by atoms with Gasteiger partial charge < -0.3 is 0 Å². The maximum atomic E-state index is 2.24. The summed E-state index contributed by atoms with van der Waals surface area (Å²) in [5, 5.41) is 0. The summed E-state index contributed by atoms with van der Waals surface area (Å²) in [7, 11) is 0. The second-order valence-electron chi connectivity index (χ2n) is 1.91. The van der Waals surface area contributed by atoms with E-state index in [1.165, 1.54) is 5.56 Å². The molecule has 0 saturated carbocycles. The van der Waals surface area contributed by atoms with E-state index >= 15 is 0 Å². The predicted octanol–water partition coefficient (Wildman–Crippen LogP) is 0.408. The van der Waals surface area contributed by atoms with Crippen LogP contribution >= 0.6 is 0 Å². The van der Waals surface area contributed by atoms with Gasteiger partial charge in [-0.3, -0.25) is 0 Å². The molecule has 0 radical (unpaired) electrons. The molecule has 0 unspecified atom stereocenters. The molecule has 0 aromatic heterocycles. The van der Waals surface area contributed by atoms with Crippen molar-refractivity contribution < 1.29 is 0 Å². The Morgan fingerprint density at radius 3 is 2.44 bits per heavy atom. The third-order valence-corrected chi connectivity index (χ3v) is 5.53. The van der Waals surface area contributed by atoms with Crippen LogP contribution < -0.4 is 3.61 Å². The molecule has 0 amide bonds. The first kappa shape index (κ1) is 7.88. The first-order valence-corrected chi connectivity index (χ1v) is 9.51. The summed E-state index contributed by atoms with van der Waals surface area (Å²) in [5.74, 6) is 0. The molecule has 1 aromatic carbocycles. The van der Waals surface area contributed by atoms with E-state index < -0.39 is 0 Å². The van der Waals surface area contributed by atoms with E-state index in [4.69, 9.17) is 0 Å². The van der Waals surface area contributed by atoms with Gasteiger partial charge in [-0.2, -0.15) is 0 Å². The van der Waals surface area contributed by atoms with Crippen molar-refractivity contribution in [2.45, 2.75) is 6.92 Å². The number of hydrogen-bond acceptors (Lipinski definition) is 0. The van der Waals surface area contributed by atoms with Crippen LogP contribution in [-0.2, 0) is 0 Å². The molecular weight excluding hydrogens is 236 g/mol. The first-order valence-electron chi connectivity index (χ1n) is 2.82. The van der Waals surface area contributed by atoms with Gasteiger partial charge in [-0.25, -0.2) is 0 Å². The van der Waals surface area contributed by atoms with Gasteiger partial charge in [0.25, 0.3) is 0 Å². The monoisotopic (exact) mass is 245 g/mol. The van der Waals surface area contributed by atoms with Gasteiger partial charge in [0.15, 0.2) is 0 Å². The zero-order valence-electron chi connectivity index (χ0n) is 5.42. The third kappa shape index (κ3) is 2.12. The summed E-state index contributed by atoms with van der Waals surface area (Å²) in [6, 6.07) is 8.66. The molecule has 1 rings (SSSR count). The van der Waals surface area contributed by atoms with Gasteiger partial charge in [-0.1, -0.05) is 0 Å². The van der Waals surface area contributed by atoms with E-state index in [0.29, 0.717) is 0 Å². The Hall–Kier alpha value is 0.776. The molecule has 9 heavy (non-hydrogen) atoms. The second kappa shape index (κ2) is 3.83. The van der Waals surface area contributed by atoms with Crippen molar-refractivity contribution in [3.8, 4) is 0 Å². The van der Waals surface area contributed by atoms with E-state index in [1.807, 2.05) is 0 Å². The van der Waals surface area contributed by atoms with Crippen molar-refractivity contribution in [2.24, 2.45) is 0 Å². The van der Waals surface area contributed by atoms with Crippen LogP contribution in [0.2, 0.25) is 0 Å². The Bertz CT molecular complexity index is 198. The SMILES string of the molecule is Cc1ccccc1[Te][Mg+]. The van der Waals surface area contributed by atoms with Crippen molar-refractivity contribution in [1.82, 2.24) is 0 Å². The summed E-state index contributed by atoms with van der Waals surface area (Å²) >= 11 is 2.29. The van der Waals surface area contributed by atoms with Crippen molar-refractivity contribution in [2.75, 3.05) is 0 Å². The number of hydrogen-bond donors (Lipinski definition) is 0. The van der Waals surface area contributed by atoms with Gasteiger partial charge in [0, 0.05) is 0 Å². The van der Waals surface area contributed by atoms with Crippen LogP contribution in [0.1, 0.15) is 5.56 Å². The van der Waals surface area contributed by atoms with Crippen LogP contribution in [-0.4, -0.2) is 35.1 Å². The van der Waals surface area contributed by atoms with Gasteiger partial charge in [-0.15, -0.1) is 0 Å². The standard InChI is InChI=1S/C7H8Te.Mg/c1-6-4-2-3-5-7(6)8;/h2-5,8H,1H3;/q;+2/p-1.